The van der Waals surface area contributed by atoms with Gasteiger partial charge in [-0.05, 0) is 60.6 Å². The van der Waals surface area contributed by atoms with Crippen molar-refractivity contribution in [3.63, 3.8) is 0 Å². The van der Waals surface area contributed by atoms with Crippen LogP contribution in [0.25, 0.3) is 0 Å². The highest BCUT2D eigenvalue weighted by molar-refractivity contribution is 6.43. The van der Waals surface area contributed by atoms with Crippen molar-refractivity contribution in [2.75, 3.05) is 26.4 Å². The first-order valence-electron chi connectivity index (χ1n) is 12.2. The van der Waals surface area contributed by atoms with Crippen LogP contribution < -0.4 is 5.32 Å². The third-order valence-corrected chi connectivity index (χ3v) is 7.46. The Balaban J connectivity index is 1.36. The molecule has 0 bridgehead atoms. The van der Waals surface area contributed by atoms with E-state index in [9.17, 15) is 29.3 Å². The molecule has 2 saturated heterocycles. The molecule has 1 aromatic carbocycles. The van der Waals surface area contributed by atoms with E-state index < -0.39 is 25.0 Å². The van der Waals surface area contributed by atoms with Crippen molar-refractivity contribution in [3.05, 3.63) is 47.3 Å². The van der Waals surface area contributed by atoms with Crippen LogP contribution in [0.1, 0.15) is 31.7 Å². The lowest BCUT2D eigenvalue weighted by Gasteiger charge is -2.32. The maximum atomic E-state index is 13.3. The summed E-state index contributed by atoms with van der Waals surface area (Å²) in [5.41, 5.74) is 0.424. The number of allylic oxidation sites excluding steroid dienone is 1. The number of rotatable bonds is 8. The van der Waals surface area contributed by atoms with Gasteiger partial charge in [0.1, 0.15) is 24.1 Å². The van der Waals surface area contributed by atoms with E-state index in [1.807, 2.05) is 6.92 Å². The molecular formula is C25H31BFN3O6. The Morgan fingerprint density at radius 3 is 2.69 bits per heavy atom. The molecule has 36 heavy (non-hydrogen) atoms. The molecule has 1 aliphatic carbocycles. The maximum absolute atomic E-state index is 13.3. The van der Waals surface area contributed by atoms with E-state index in [0.717, 1.165) is 19.3 Å². The largest absolute Gasteiger partial charge is 0.475 e. The Morgan fingerprint density at radius 2 is 2.06 bits per heavy atom. The number of hydrogen-bond acceptors (Lipinski definition) is 7. The van der Waals surface area contributed by atoms with Crippen LogP contribution in [0.3, 0.4) is 0 Å². The van der Waals surface area contributed by atoms with Crippen LogP contribution in [0.5, 0.6) is 0 Å². The van der Waals surface area contributed by atoms with Gasteiger partial charge in [-0.15, -0.1) is 0 Å². The average Bonchev–Trinajstić information content (AvgIpc) is 3.53. The van der Waals surface area contributed by atoms with Crippen molar-refractivity contribution in [2.45, 2.75) is 44.6 Å². The van der Waals surface area contributed by atoms with E-state index >= 15 is 0 Å². The molecule has 4 atom stereocenters. The fourth-order valence-corrected chi connectivity index (χ4v) is 5.11. The number of carbonyl (C=O) groups excluding carboxylic acids is 2. The van der Waals surface area contributed by atoms with E-state index in [2.05, 4.69) is 11.4 Å². The van der Waals surface area contributed by atoms with Gasteiger partial charge in [0.2, 0.25) is 0 Å². The van der Waals surface area contributed by atoms with Crippen molar-refractivity contribution < 1.29 is 33.5 Å². The minimum atomic E-state index is -1.85. The molecule has 3 N–H and O–H groups in total. The molecule has 2 amide bonds. The van der Waals surface area contributed by atoms with Crippen molar-refractivity contribution in [3.8, 4) is 6.07 Å². The monoisotopic (exact) mass is 499 g/mol. The van der Waals surface area contributed by atoms with Crippen molar-refractivity contribution in [1.82, 2.24) is 10.2 Å². The molecule has 1 unspecified atom stereocenters. The van der Waals surface area contributed by atoms with Gasteiger partial charge in [-0.1, -0.05) is 25.1 Å². The number of fused-ring (bicyclic) bond motifs is 1. The van der Waals surface area contributed by atoms with Gasteiger partial charge in [0.05, 0.1) is 12.0 Å². The van der Waals surface area contributed by atoms with Crippen molar-refractivity contribution in [1.29, 1.82) is 5.26 Å². The summed E-state index contributed by atoms with van der Waals surface area (Å²) in [5, 5.41) is 31.5. The third-order valence-electron chi connectivity index (χ3n) is 7.46. The number of likely N-dealkylation sites (tertiary alicyclic amines) is 1. The van der Waals surface area contributed by atoms with Crippen LogP contribution in [-0.2, 0) is 20.7 Å². The highest BCUT2D eigenvalue weighted by Crippen LogP contribution is 2.50. The predicted molar refractivity (Wildman–Crippen MR) is 128 cm³/mol. The molecule has 2 heterocycles. The number of nitrogens with zero attached hydrogens (tertiary/aromatic N) is 2. The lowest BCUT2D eigenvalue weighted by atomic mass is 9.76. The predicted octanol–water partition coefficient (Wildman–Crippen LogP) is 1.59. The molecule has 0 aromatic heterocycles. The Hall–Kier alpha value is -2.94. The SMILES string of the molecule is CC1(C=C(C#N)C(=O)N2C[C@@H]3C[C@@H]3[C@@H]2COC(=O)NC(Cc2ccc(F)cc2)B(O)O)CCOCC1. The molecule has 0 spiro atoms. The van der Waals surface area contributed by atoms with Crippen molar-refractivity contribution >= 4 is 19.1 Å². The Bertz CT molecular complexity index is 1040. The topological polar surface area (TPSA) is 132 Å². The van der Waals surface area contributed by atoms with Gasteiger partial charge in [-0.25, -0.2) is 9.18 Å². The Morgan fingerprint density at radius 1 is 1.36 bits per heavy atom. The van der Waals surface area contributed by atoms with Gasteiger partial charge in [0.15, 0.2) is 0 Å². The van der Waals surface area contributed by atoms with Crippen LogP contribution in [-0.4, -0.2) is 72.4 Å². The van der Waals surface area contributed by atoms with Crippen molar-refractivity contribution in [2.24, 2.45) is 17.3 Å². The first-order valence-corrected chi connectivity index (χ1v) is 12.2. The Labute approximate surface area is 210 Å². The van der Waals surface area contributed by atoms with E-state index in [-0.39, 0.29) is 41.9 Å². The standard InChI is InChI=1S/C25H31BFN3O6/c1-25(6-8-35-9-7-25)12-18(13-28)23(31)30-14-17-11-20(17)21(30)15-36-24(32)29-22(26(33)34)10-16-2-4-19(27)5-3-16/h2-5,12,17,20-22,33-34H,6-11,14-15H2,1H3,(H,29,32)/t17-,20-,21-,22?/m0/s1. The summed E-state index contributed by atoms with van der Waals surface area (Å²) in [5.74, 6) is -1.30. The van der Waals surface area contributed by atoms with Gasteiger partial charge < -0.3 is 29.7 Å². The highest BCUT2D eigenvalue weighted by Gasteiger charge is 2.54. The summed E-state index contributed by atoms with van der Waals surface area (Å²) in [6, 6.07) is 7.20. The zero-order chi connectivity index (χ0) is 25.9. The molecule has 0 radical (unpaired) electrons. The zero-order valence-electron chi connectivity index (χ0n) is 20.2. The van der Waals surface area contributed by atoms with Gasteiger partial charge in [-0.2, -0.15) is 5.26 Å². The van der Waals surface area contributed by atoms with Gasteiger partial charge in [0, 0.05) is 19.8 Å². The van der Waals surface area contributed by atoms with Gasteiger partial charge in [0.25, 0.3) is 5.91 Å². The summed E-state index contributed by atoms with van der Waals surface area (Å²) in [4.78, 5) is 27.3. The molecule has 4 rings (SSSR count). The fourth-order valence-electron chi connectivity index (χ4n) is 5.11. The number of carbonyl (C=O) groups is 2. The van der Waals surface area contributed by atoms with E-state index in [1.165, 1.54) is 24.3 Å². The second-order valence-electron chi connectivity index (χ2n) is 10.2. The number of benzene rings is 1. The number of nitrogens with one attached hydrogen (secondary N) is 1. The van der Waals surface area contributed by atoms with Crippen LogP contribution in [0, 0.1) is 34.4 Å². The summed E-state index contributed by atoms with van der Waals surface area (Å²) in [6.45, 7) is 3.65. The normalized spacial score (nSPS) is 25.4. The number of alkyl carbamates (subject to hydrolysis) is 1. The first-order chi connectivity index (χ1) is 17.2. The molecule has 1 aromatic rings. The van der Waals surface area contributed by atoms with Crippen LogP contribution in [0.4, 0.5) is 9.18 Å². The maximum Gasteiger partial charge on any atom is 0.475 e. The van der Waals surface area contributed by atoms with Crippen LogP contribution in [0.15, 0.2) is 35.9 Å². The minimum Gasteiger partial charge on any atom is -0.447 e. The van der Waals surface area contributed by atoms with E-state index in [4.69, 9.17) is 9.47 Å². The number of hydrogen-bond donors (Lipinski definition) is 3. The summed E-state index contributed by atoms with van der Waals surface area (Å²) >= 11 is 0. The molecule has 2 aliphatic heterocycles. The van der Waals surface area contributed by atoms with Crippen LogP contribution >= 0.6 is 0 Å². The molecule has 192 valence electrons. The highest BCUT2D eigenvalue weighted by atomic mass is 19.1. The van der Waals surface area contributed by atoms with E-state index in [0.29, 0.717) is 31.2 Å². The van der Waals surface area contributed by atoms with Gasteiger partial charge >= 0.3 is 13.2 Å². The quantitative estimate of drug-likeness (QED) is 0.281. The number of amides is 2. The third kappa shape index (κ3) is 6.24. The summed E-state index contributed by atoms with van der Waals surface area (Å²) in [7, 11) is -1.85. The molecule has 3 aliphatic rings. The molecule has 1 saturated carbocycles. The second-order valence-corrected chi connectivity index (χ2v) is 10.2. The lowest BCUT2D eigenvalue weighted by molar-refractivity contribution is -0.129. The minimum absolute atomic E-state index is 0.0614. The molecule has 11 heteroatoms. The lowest BCUT2D eigenvalue weighted by Crippen LogP contribution is -2.49. The Kier molecular flexibility index (Phi) is 7.98. The molecule has 9 nitrogen and oxygen atoms in total. The zero-order valence-corrected chi connectivity index (χ0v) is 20.2. The number of ether oxygens (including phenoxy) is 2. The second kappa shape index (κ2) is 11.0. The summed E-state index contributed by atoms with van der Waals surface area (Å²) in [6.07, 6.45) is 3.37. The molecule has 3 fully saturated rings. The number of halogens is 1. The summed E-state index contributed by atoms with van der Waals surface area (Å²) < 4.78 is 23.9. The van der Waals surface area contributed by atoms with E-state index in [1.54, 1.807) is 11.0 Å². The number of piperidine rings is 1. The van der Waals surface area contributed by atoms with Crippen LogP contribution in [0.2, 0.25) is 0 Å². The smallest absolute Gasteiger partial charge is 0.447 e. The molecular weight excluding hydrogens is 468 g/mol. The first kappa shape index (κ1) is 26.1. The fraction of sp³-hybridized carbons (Fsp3) is 0.560. The van der Waals surface area contributed by atoms with Gasteiger partial charge in [-0.3, -0.25) is 4.79 Å². The number of nitriles is 1. The average molecular weight is 499 g/mol.